The Bertz CT molecular complexity index is 371. The van der Waals surface area contributed by atoms with E-state index in [4.69, 9.17) is 0 Å². The minimum Gasteiger partial charge on any atom is -0.328 e. The van der Waals surface area contributed by atoms with Crippen molar-refractivity contribution in [3.8, 4) is 0 Å². The zero-order valence-corrected chi connectivity index (χ0v) is 15.2. The van der Waals surface area contributed by atoms with Gasteiger partial charge in [0.1, 0.15) is 0 Å². The van der Waals surface area contributed by atoms with Crippen LogP contribution >= 0.6 is 0 Å². The van der Waals surface area contributed by atoms with Crippen LogP contribution in [-0.2, 0) is 0 Å². The molecule has 0 aromatic rings. The number of nitrogens with zero attached hydrogens (tertiary/aromatic N) is 1. The van der Waals surface area contributed by atoms with E-state index in [-0.39, 0.29) is 5.54 Å². The third kappa shape index (κ3) is 4.03. The monoisotopic (exact) mass is 308 g/mol. The maximum atomic E-state index is 3.57. The zero-order chi connectivity index (χ0) is 16.2. The maximum absolute atomic E-state index is 3.57. The molecule has 1 saturated carbocycles. The Labute approximate surface area is 137 Å². The van der Waals surface area contributed by atoms with E-state index < -0.39 is 0 Å². The highest BCUT2D eigenvalue weighted by molar-refractivity contribution is 5.26. The van der Waals surface area contributed by atoms with Crippen LogP contribution in [0.15, 0.2) is 11.8 Å². The molecule has 1 aliphatic carbocycles. The molecule has 128 valence electrons. The second kappa shape index (κ2) is 7.80. The summed E-state index contributed by atoms with van der Waals surface area (Å²) >= 11 is 0. The first-order valence-corrected chi connectivity index (χ1v) is 9.02. The molecule has 4 nitrogen and oxygen atoms in total. The van der Waals surface area contributed by atoms with Gasteiger partial charge < -0.3 is 15.6 Å². The smallest absolute Gasteiger partial charge is 0.0609 e. The average molecular weight is 309 g/mol. The van der Waals surface area contributed by atoms with Gasteiger partial charge in [-0.3, -0.25) is 0 Å². The number of hydrogen-bond donors (Lipinski definition) is 3. The molecular weight excluding hydrogens is 272 g/mol. The van der Waals surface area contributed by atoms with Crippen molar-refractivity contribution >= 4 is 0 Å². The Hall–Kier alpha value is -0.580. The molecule has 1 atom stereocenters. The summed E-state index contributed by atoms with van der Waals surface area (Å²) in [6.45, 7) is 10.3. The van der Waals surface area contributed by atoms with Crippen LogP contribution in [0, 0.1) is 17.8 Å². The zero-order valence-electron chi connectivity index (χ0n) is 15.2. The van der Waals surface area contributed by atoms with Gasteiger partial charge in [-0.05, 0) is 70.0 Å². The molecule has 0 aromatic carbocycles. The van der Waals surface area contributed by atoms with E-state index in [9.17, 15) is 0 Å². The SMILES string of the molecule is CNCCN(C)CC1=CNNC1(C)[C@H]1CC[C@@H](C(C)C)CC1. The summed E-state index contributed by atoms with van der Waals surface area (Å²) in [5.74, 6) is 2.52. The van der Waals surface area contributed by atoms with Crippen molar-refractivity contribution in [2.75, 3.05) is 33.7 Å². The van der Waals surface area contributed by atoms with Crippen LogP contribution < -0.4 is 16.2 Å². The Balaban J connectivity index is 1.93. The van der Waals surface area contributed by atoms with Gasteiger partial charge in [-0.15, -0.1) is 0 Å². The van der Waals surface area contributed by atoms with Gasteiger partial charge in [0.15, 0.2) is 0 Å². The van der Waals surface area contributed by atoms with Crippen molar-refractivity contribution < 1.29 is 0 Å². The van der Waals surface area contributed by atoms with E-state index in [1.807, 2.05) is 7.05 Å². The van der Waals surface area contributed by atoms with Gasteiger partial charge in [0.2, 0.25) is 0 Å². The number of nitrogens with one attached hydrogen (secondary N) is 3. The quantitative estimate of drug-likeness (QED) is 0.675. The predicted octanol–water partition coefficient (Wildman–Crippen LogP) is 2.35. The molecule has 1 fully saturated rings. The third-order valence-corrected chi connectivity index (χ3v) is 5.96. The Morgan fingerprint density at radius 1 is 1.32 bits per heavy atom. The molecule has 0 saturated heterocycles. The minimum absolute atomic E-state index is 0.121. The molecule has 0 spiro atoms. The molecule has 1 heterocycles. The van der Waals surface area contributed by atoms with Crippen LogP contribution in [0.5, 0.6) is 0 Å². The van der Waals surface area contributed by atoms with Crippen molar-refractivity contribution in [3.63, 3.8) is 0 Å². The predicted molar refractivity (Wildman–Crippen MR) is 94.5 cm³/mol. The topological polar surface area (TPSA) is 39.3 Å². The number of hydrazine groups is 1. The van der Waals surface area contributed by atoms with Gasteiger partial charge in [0.05, 0.1) is 5.54 Å². The van der Waals surface area contributed by atoms with Crippen molar-refractivity contribution in [2.45, 2.75) is 52.0 Å². The fourth-order valence-electron chi connectivity index (χ4n) is 4.11. The lowest BCUT2D eigenvalue weighted by Gasteiger charge is -2.42. The molecule has 2 rings (SSSR count). The van der Waals surface area contributed by atoms with Gasteiger partial charge in [-0.2, -0.15) is 0 Å². The lowest BCUT2D eigenvalue weighted by molar-refractivity contribution is 0.151. The molecule has 0 aromatic heterocycles. The van der Waals surface area contributed by atoms with Crippen LogP contribution in [0.3, 0.4) is 0 Å². The first kappa shape index (κ1) is 17.8. The fraction of sp³-hybridized carbons (Fsp3) is 0.889. The Kier molecular flexibility index (Phi) is 6.30. The Morgan fingerprint density at radius 2 is 2.00 bits per heavy atom. The van der Waals surface area contributed by atoms with Crippen molar-refractivity contribution in [1.82, 2.24) is 21.1 Å². The number of rotatable bonds is 7. The number of hydrogen-bond acceptors (Lipinski definition) is 4. The van der Waals surface area contributed by atoms with E-state index in [0.29, 0.717) is 0 Å². The molecule has 0 amide bonds. The lowest BCUT2D eigenvalue weighted by Crippen LogP contribution is -2.52. The molecule has 2 aliphatic rings. The highest BCUT2D eigenvalue weighted by Gasteiger charge is 2.42. The van der Waals surface area contributed by atoms with Crippen molar-refractivity contribution in [1.29, 1.82) is 0 Å². The van der Waals surface area contributed by atoms with E-state index in [2.05, 4.69) is 55.1 Å². The lowest BCUT2D eigenvalue weighted by atomic mass is 9.68. The van der Waals surface area contributed by atoms with Crippen LogP contribution in [0.1, 0.15) is 46.5 Å². The molecule has 1 aliphatic heterocycles. The molecular formula is C18H36N4. The van der Waals surface area contributed by atoms with E-state index >= 15 is 0 Å². The van der Waals surface area contributed by atoms with Crippen molar-refractivity contribution in [3.05, 3.63) is 11.8 Å². The van der Waals surface area contributed by atoms with Crippen molar-refractivity contribution in [2.24, 2.45) is 17.8 Å². The van der Waals surface area contributed by atoms with Gasteiger partial charge in [-0.25, -0.2) is 5.43 Å². The second-order valence-electron chi connectivity index (χ2n) is 7.84. The number of likely N-dealkylation sites (N-methyl/N-ethyl adjacent to an activating group) is 2. The summed E-state index contributed by atoms with van der Waals surface area (Å²) in [4.78, 5) is 2.41. The highest BCUT2D eigenvalue weighted by Crippen LogP contribution is 2.41. The van der Waals surface area contributed by atoms with Gasteiger partial charge >= 0.3 is 0 Å². The minimum atomic E-state index is 0.121. The van der Waals surface area contributed by atoms with Crippen LogP contribution in [-0.4, -0.2) is 44.2 Å². The third-order valence-electron chi connectivity index (χ3n) is 5.96. The summed E-state index contributed by atoms with van der Waals surface area (Å²) < 4.78 is 0. The molecule has 0 radical (unpaired) electrons. The maximum Gasteiger partial charge on any atom is 0.0609 e. The van der Waals surface area contributed by atoms with Gasteiger partial charge in [-0.1, -0.05) is 13.8 Å². The summed E-state index contributed by atoms with van der Waals surface area (Å²) in [7, 11) is 4.23. The summed E-state index contributed by atoms with van der Waals surface area (Å²) in [5, 5.41) is 3.23. The first-order chi connectivity index (χ1) is 10.5. The molecule has 1 unspecified atom stereocenters. The molecule has 3 N–H and O–H groups in total. The molecule has 22 heavy (non-hydrogen) atoms. The van der Waals surface area contributed by atoms with E-state index in [0.717, 1.165) is 37.4 Å². The highest BCUT2D eigenvalue weighted by atomic mass is 15.4. The summed E-state index contributed by atoms with van der Waals surface area (Å²) in [5.41, 5.74) is 8.51. The second-order valence-corrected chi connectivity index (χ2v) is 7.84. The van der Waals surface area contributed by atoms with Crippen LogP contribution in [0.25, 0.3) is 0 Å². The largest absolute Gasteiger partial charge is 0.328 e. The fourth-order valence-corrected chi connectivity index (χ4v) is 4.11. The van der Waals surface area contributed by atoms with Crippen LogP contribution in [0.2, 0.25) is 0 Å². The standard InChI is InChI=1S/C18H36N4/c1-14(2)15-6-8-16(9-7-15)18(3)17(12-20-21-18)13-22(5)11-10-19-4/h12,14-16,19-21H,6-11,13H2,1-5H3/t15-,16+,18?. The summed E-state index contributed by atoms with van der Waals surface area (Å²) in [6, 6.07) is 0. The molecule has 4 heteroatoms. The van der Waals surface area contributed by atoms with Crippen LogP contribution in [0.4, 0.5) is 0 Å². The summed E-state index contributed by atoms with van der Waals surface area (Å²) in [6.07, 6.45) is 7.69. The average Bonchev–Trinajstić information content (AvgIpc) is 2.87. The van der Waals surface area contributed by atoms with E-state index in [1.54, 1.807) is 0 Å². The first-order valence-electron chi connectivity index (χ1n) is 9.02. The van der Waals surface area contributed by atoms with E-state index in [1.165, 1.54) is 31.3 Å². The normalized spacial score (nSPS) is 32.4. The van der Waals surface area contributed by atoms with Gasteiger partial charge in [0.25, 0.3) is 0 Å². The van der Waals surface area contributed by atoms with Gasteiger partial charge in [0, 0.05) is 25.8 Å². The Morgan fingerprint density at radius 3 is 2.59 bits per heavy atom. The molecule has 0 bridgehead atoms.